The van der Waals surface area contributed by atoms with Crippen molar-refractivity contribution < 1.29 is 4.74 Å². The van der Waals surface area contributed by atoms with Crippen molar-refractivity contribution in [3.63, 3.8) is 0 Å². The Labute approximate surface area is 111 Å². The lowest BCUT2D eigenvalue weighted by atomic mass is 10.2. The van der Waals surface area contributed by atoms with Crippen LogP contribution in [0.1, 0.15) is 26.3 Å². The van der Waals surface area contributed by atoms with Crippen LogP contribution in [-0.4, -0.2) is 6.61 Å². The van der Waals surface area contributed by atoms with Gasteiger partial charge in [0.1, 0.15) is 12.4 Å². The summed E-state index contributed by atoms with van der Waals surface area (Å²) in [6.07, 6.45) is 6.44. The summed E-state index contributed by atoms with van der Waals surface area (Å²) in [5.41, 5.74) is 2.31. The molecule has 1 heteroatoms. The first kappa shape index (κ1) is 16.2. The van der Waals surface area contributed by atoms with Gasteiger partial charge in [-0.1, -0.05) is 64.3 Å². The van der Waals surface area contributed by atoms with E-state index in [1.165, 1.54) is 5.56 Å². The van der Waals surface area contributed by atoms with Crippen molar-refractivity contribution in [1.82, 2.24) is 0 Å². The average Bonchev–Trinajstić information content (AvgIpc) is 2.45. The minimum atomic E-state index is 0.530. The van der Waals surface area contributed by atoms with Crippen LogP contribution in [0.15, 0.2) is 61.2 Å². The molecular weight excluding hydrogens is 220 g/mol. The molecule has 1 rings (SSSR count). The molecule has 1 aromatic carbocycles. The highest BCUT2D eigenvalue weighted by atomic mass is 16.5. The third kappa shape index (κ3) is 6.09. The molecule has 0 aliphatic carbocycles. The van der Waals surface area contributed by atoms with Gasteiger partial charge in [-0.25, -0.2) is 0 Å². The van der Waals surface area contributed by atoms with Crippen LogP contribution >= 0.6 is 0 Å². The smallest absolute Gasteiger partial charge is 0.120 e. The Morgan fingerprint density at radius 3 is 2.56 bits per heavy atom. The molecule has 0 saturated heterocycles. The molecule has 0 radical (unpaired) electrons. The van der Waals surface area contributed by atoms with E-state index in [1.807, 2.05) is 32.1 Å². The fraction of sp³-hybridized carbons (Fsp3) is 0.294. The highest BCUT2D eigenvalue weighted by Crippen LogP contribution is 2.14. The molecule has 1 nitrogen and oxygen atoms in total. The number of hydrogen-bond acceptors (Lipinski definition) is 1. The van der Waals surface area contributed by atoms with Crippen LogP contribution in [0.5, 0.6) is 5.75 Å². The fourth-order valence-electron chi connectivity index (χ4n) is 1.35. The van der Waals surface area contributed by atoms with Gasteiger partial charge in [0.2, 0.25) is 0 Å². The monoisotopic (exact) mass is 244 g/mol. The van der Waals surface area contributed by atoms with Crippen molar-refractivity contribution >= 4 is 0 Å². The quantitative estimate of drug-likeness (QED) is 0.643. The first-order chi connectivity index (χ1) is 8.80. The highest BCUT2D eigenvalue weighted by molar-refractivity contribution is 5.30. The summed E-state index contributed by atoms with van der Waals surface area (Å²) in [6.45, 7) is 14.0. The Kier molecular flexibility index (Phi) is 9.38. The van der Waals surface area contributed by atoms with Gasteiger partial charge in [-0.2, -0.15) is 0 Å². The van der Waals surface area contributed by atoms with E-state index in [4.69, 9.17) is 4.74 Å². The van der Waals surface area contributed by atoms with Gasteiger partial charge in [-0.15, -0.1) is 0 Å². The van der Waals surface area contributed by atoms with Crippen molar-refractivity contribution in [3.8, 4) is 5.75 Å². The summed E-state index contributed by atoms with van der Waals surface area (Å²) in [7, 11) is 0. The van der Waals surface area contributed by atoms with Crippen LogP contribution in [0, 0.1) is 0 Å². The summed E-state index contributed by atoms with van der Waals surface area (Å²) in [5.74, 6) is 0.899. The Morgan fingerprint density at radius 1 is 1.28 bits per heavy atom. The van der Waals surface area contributed by atoms with Gasteiger partial charge in [-0.3, -0.25) is 0 Å². The molecule has 0 aromatic heterocycles. The zero-order valence-corrected chi connectivity index (χ0v) is 11.8. The summed E-state index contributed by atoms with van der Waals surface area (Å²) >= 11 is 0. The third-order valence-electron chi connectivity index (χ3n) is 2.31. The number of aryl methyl sites for hydroxylation is 1. The number of benzene rings is 1. The van der Waals surface area contributed by atoms with Gasteiger partial charge in [0, 0.05) is 0 Å². The minimum Gasteiger partial charge on any atom is -0.489 e. The zero-order chi connectivity index (χ0) is 13.8. The summed E-state index contributed by atoms with van der Waals surface area (Å²) in [6, 6.07) is 8.14. The minimum absolute atomic E-state index is 0.530. The lowest BCUT2D eigenvalue weighted by molar-refractivity contribution is 0.355. The van der Waals surface area contributed by atoms with E-state index < -0.39 is 0 Å². The van der Waals surface area contributed by atoms with Crippen molar-refractivity contribution in [1.29, 1.82) is 0 Å². The molecule has 0 spiro atoms. The second-order valence-electron chi connectivity index (χ2n) is 3.47. The molecule has 0 atom stereocenters. The zero-order valence-electron chi connectivity index (χ0n) is 11.8. The lowest BCUT2D eigenvalue weighted by Gasteiger charge is -2.07. The Morgan fingerprint density at radius 2 is 2.00 bits per heavy atom. The third-order valence-corrected chi connectivity index (χ3v) is 2.31. The van der Waals surface area contributed by atoms with Crippen molar-refractivity contribution in [2.75, 3.05) is 6.61 Å². The Balaban J connectivity index is 0.00000137. The molecule has 0 saturated carbocycles. The van der Waals surface area contributed by atoms with Gasteiger partial charge in [0.05, 0.1) is 0 Å². The van der Waals surface area contributed by atoms with Crippen LogP contribution in [0.3, 0.4) is 0 Å². The molecule has 0 fully saturated rings. The molecule has 98 valence electrons. The van der Waals surface area contributed by atoms with Crippen LogP contribution < -0.4 is 4.74 Å². The molecule has 1 aromatic rings. The van der Waals surface area contributed by atoms with Crippen molar-refractivity contribution in [2.45, 2.75) is 27.2 Å². The molecular formula is C17H24O. The normalized spacial score (nSPS) is 10.1. The molecule has 0 N–H and O–H groups in total. The second-order valence-corrected chi connectivity index (χ2v) is 3.47. The standard InChI is InChI=1S/C15H18O.C2H6/c1-4-8-14(6-3)12-16-15-10-7-9-13(5-2)11-15;1-2/h4,6-11H,1,3,5,12H2,2H3;1-2H3/b14-8+;. The number of hydrogen-bond donors (Lipinski definition) is 0. The van der Waals surface area contributed by atoms with Crippen LogP contribution in [-0.2, 0) is 6.42 Å². The first-order valence-electron chi connectivity index (χ1n) is 6.46. The Bertz CT molecular complexity index is 388. The highest BCUT2D eigenvalue weighted by Gasteiger charge is 1.96. The van der Waals surface area contributed by atoms with Crippen LogP contribution in [0.2, 0.25) is 0 Å². The number of rotatable bonds is 6. The van der Waals surface area contributed by atoms with E-state index in [2.05, 4.69) is 32.2 Å². The molecule has 0 bridgehead atoms. The van der Waals surface area contributed by atoms with Crippen LogP contribution in [0.25, 0.3) is 0 Å². The summed E-state index contributed by atoms with van der Waals surface area (Å²) < 4.78 is 5.67. The molecule has 0 heterocycles. The SMILES string of the molecule is C=C/C=C(\C=C)COc1cccc(CC)c1.CC. The average molecular weight is 244 g/mol. The summed E-state index contributed by atoms with van der Waals surface area (Å²) in [4.78, 5) is 0. The van der Waals surface area contributed by atoms with Crippen LogP contribution in [0.4, 0.5) is 0 Å². The Hall–Kier alpha value is -1.76. The molecule has 0 aliphatic heterocycles. The molecule has 0 unspecified atom stereocenters. The van der Waals surface area contributed by atoms with Gasteiger partial charge < -0.3 is 4.74 Å². The van der Waals surface area contributed by atoms with E-state index in [0.717, 1.165) is 17.7 Å². The second kappa shape index (κ2) is 10.4. The first-order valence-corrected chi connectivity index (χ1v) is 6.46. The molecule has 18 heavy (non-hydrogen) atoms. The van der Waals surface area contributed by atoms with E-state index >= 15 is 0 Å². The van der Waals surface area contributed by atoms with Gasteiger partial charge in [-0.05, 0) is 29.7 Å². The van der Waals surface area contributed by atoms with E-state index in [0.29, 0.717) is 6.61 Å². The van der Waals surface area contributed by atoms with Crippen molar-refractivity contribution in [3.05, 3.63) is 66.8 Å². The predicted octanol–water partition coefficient (Wildman–Crippen LogP) is 4.95. The number of ether oxygens (including phenoxy) is 1. The maximum absolute atomic E-state index is 5.67. The lowest BCUT2D eigenvalue weighted by Crippen LogP contribution is -1.99. The van der Waals surface area contributed by atoms with E-state index in [9.17, 15) is 0 Å². The van der Waals surface area contributed by atoms with Crippen molar-refractivity contribution in [2.24, 2.45) is 0 Å². The predicted molar refractivity (Wildman–Crippen MR) is 81.1 cm³/mol. The largest absolute Gasteiger partial charge is 0.489 e. The fourth-order valence-corrected chi connectivity index (χ4v) is 1.35. The van der Waals surface area contributed by atoms with Gasteiger partial charge in [0.15, 0.2) is 0 Å². The summed E-state index contributed by atoms with van der Waals surface area (Å²) in [5, 5.41) is 0. The molecule has 0 amide bonds. The van der Waals surface area contributed by atoms with Gasteiger partial charge >= 0.3 is 0 Å². The van der Waals surface area contributed by atoms with E-state index in [-0.39, 0.29) is 0 Å². The van der Waals surface area contributed by atoms with E-state index in [1.54, 1.807) is 12.2 Å². The van der Waals surface area contributed by atoms with Gasteiger partial charge in [0.25, 0.3) is 0 Å². The topological polar surface area (TPSA) is 9.23 Å². The maximum atomic E-state index is 5.67. The maximum Gasteiger partial charge on any atom is 0.120 e. The number of allylic oxidation sites excluding steroid dienone is 2. The molecule has 0 aliphatic rings.